The Hall–Kier alpha value is -2.99. The highest BCUT2D eigenvalue weighted by molar-refractivity contribution is 5.83. The van der Waals surface area contributed by atoms with Crippen molar-refractivity contribution in [3.63, 3.8) is 0 Å². The lowest BCUT2D eigenvalue weighted by Gasteiger charge is -2.28. The van der Waals surface area contributed by atoms with Crippen molar-refractivity contribution in [2.75, 3.05) is 13.6 Å². The van der Waals surface area contributed by atoms with Crippen molar-refractivity contribution in [1.29, 1.82) is 0 Å². The van der Waals surface area contributed by atoms with Gasteiger partial charge < -0.3 is 5.32 Å². The molecule has 3 aromatic rings. The second-order valence-electron chi connectivity index (χ2n) is 7.19. The highest BCUT2D eigenvalue weighted by atomic mass is 19.1. The molecule has 0 bridgehead atoms. The van der Waals surface area contributed by atoms with E-state index in [0.717, 1.165) is 29.1 Å². The molecule has 5 nitrogen and oxygen atoms in total. The molecule has 29 heavy (non-hydrogen) atoms. The van der Waals surface area contributed by atoms with E-state index in [-0.39, 0.29) is 23.8 Å². The van der Waals surface area contributed by atoms with Crippen molar-refractivity contribution in [2.24, 2.45) is 0 Å². The molecule has 0 fully saturated rings. The van der Waals surface area contributed by atoms with E-state index in [0.29, 0.717) is 0 Å². The maximum absolute atomic E-state index is 13.2. The topological polar surface area (TPSA) is 50.2 Å². The number of hydrogen-bond donors (Lipinski definition) is 1. The number of rotatable bonds is 7. The molecule has 0 spiro atoms. The fourth-order valence-corrected chi connectivity index (χ4v) is 3.48. The summed E-state index contributed by atoms with van der Waals surface area (Å²) in [5.41, 5.74) is 3.57. The highest BCUT2D eigenvalue weighted by Crippen LogP contribution is 2.24. The SMILES string of the molecule is CCN(C)C(C(=O)NC(C)c1cnn(-c2ccc(F)cc2)c1C)c1ccccc1. The normalized spacial score (nSPS) is 13.3. The maximum atomic E-state index is 13.2. The van der Waals surface area contributed by atoms with Crippen LogP contribution in [0, 0.1) is 12.7 Å². The second-order valence-corrected chi connectivity index (χ2v) is 7.19. The molecule has 1 heterocycles. The van der Waals surface area contributed by atoms with Gasteiger partial charge in [-0.25, -0.2) is 9.07 Å². The lowest BCUT2D eigenvalue weighted by Crippen LogP contribution is -2.39. The summed E-state index contributed by atoms with van der Waals surface area (Å²) in [6.07, 6.45) is 1.75. The first-order chi connectivity index (χ1) is 13.9. The van der Waals surface area contributed by atoms with E-state index in [1.54, 1.807) is 23.0 Å². The number of likely N-dealkylation sites (N-methyl/N-ethyl adjacent to an activating group) is 1. The summed E-state index contributed by atoms with van der Waals surface area (Å²) in [7, 11) is 1.94. The van der Waals surface area contributed by atoms with E-state index in [1.807, 2.05) is 63.1 Å². The molecule has 152 valence electrons. The van der Waals surface area contributed by atoms with Gasteiger partial charge >= 0.3 is 0 Å². The minimum Gasteiger partial charge on any atom is -0.348 e. The number of aromatic nitrogens is 2. The van der Waals surface area contributed by atoms with Crippen LogP contribution >= 0.6 is 0 Å². The maximum Gasteiger partial charge on any atom is 0.242 e. The van der Waals surface area contributed by atoms with Gasteiger partial charge in [0.05, 0.1) is 17.9 Å². The van der Waals surface area contributed by atoms with Gasteiger partial charge in [0.15, 0.2) is 0 Å². The molecule has 2 unspecified atom stereocenters. The van der Waals surface area contributed by atoms with Gasteiger partial charge in [0, 0.05) is 11.3 Å². The number of benzene rings is 2. The van der Waals surface area contributed by atoms with E-state index < -0.39 is 0 Å². The zero-order valence-corrected chi connectivity index (χ0v) is 17.3. The summed E-state index contributed by atoms with van der Waals surface area (Å²) in [6.45, 7) is 6.68. The van der Waals surface area contributed by atoms with Gasteiger partial charge in [-0.3, -0.25) is 9.69 Å². The Morgan fingerprint density at radius 1 is 1.17 bits per heavy atom. The fourth-order valence-electron chi connectivity index (χ4n) is 3.48. The summed E-state index contributed by atoms with van der Waals surface area (Å²) < 4.78 is 15.0. The predicted octanol–water partition coefficient (Wildman–Crippen LogP) is 4.19. The zero-order chi connectivity index (χ0) is 21.0. The first kappa shape index (κ1) is 20.7. The highest BCUT2D eigenvalue weighted by Gasteiger charge is 2.26. The van der Waals surface area contributed by atoms with Gasteiger partial charge in [0.1, 0.15) is 11.9 Å². The standard InChI is InChI=1S/C23H27FN4O/c1-5-27(4)22(18-9-7-6-8-10-18)23(29)26-16(2)21-15-25-28(17(21)3)20-13-11-19(24)12-14-20/h6-16,22H,5H2,1-4H3,(H,26,29). The summed E-state index contributed by atoms with van der Waals surface area (Å²) in [6, 6.07) is 15.4. The minimum atomic E-state index is -0.365. The number of nitrogens with one attached hydrogen (secondary N) is 1. The Morgan fingerprint density at radius 3 is 2.45 bits per heavy atom. The van der Waals surface area contributed by atoms with Gasteiger partial charge in [-0.05, 0) is 57.3 Å². The molecule has 2 atom stereocenters. The van der Waals surface area contributed by atoms with Crippen LogP contribution in [0.5, 0.6) is 0 Å². The molecular weight excluding hydrogens is 367 g/mol. The van der Waals surface area contributed by atoms with Crippen molar-refractivity contribution >= 4 is 5.91 Å². The quantitative estimate of drug-likeness (QED) is 0.654. The Morgan fingerprint density at radius 2 is 1.83 bits per heavy atom. The van der Waals surface area contributed by atoms with E-state index in [2.05, 4.69) is 10.4 Å². The third-order valence-corrected chi connectivity index (χ3v) is 5.25. The minimum absolute atomic E-state index is 0.0537. The third kappa shape index (κ3) is 4.54. The van der Waals surface area contributed by atoms with Crippen LogP contribution in [0.3, 0.4) is 0 Å². The molecule has 0 saturated heterocycles. The summed E-state index contributed by atoms with van der Waals surface area (Å²) in [5, 5.41) is 7.56. The lowest BCUT2D eigenvalue weighted by molar-refractivity contribution is -0.126. The van der Waals surface area contributed by atoms with E-state index in [9.17, 15) is 9.18 Å². The van der Waals surface area contributed by atoms with Gasteiger partial charge in [-0.15, -0.1) is 0 Å². The number of nitrogens with zero attached hydrogens (tertiary/aromatic N) is 3. The zero-order valence-electron chi connectivity index (χ0n) is 17.3. The Balaban J connectivity index is 1.81. The fraction of sp³-hybridized carbons (Fsp3) is 0.304. The van der Waals surface area contributed by atoms with Crippen LogP contribution in [0.25, 0.3) is 5.69 Å². The molecule has 0 aliphatic carbocycles. The van der Waals surface area contributed by atoms with Gasteiger partial charge in [0.2, 0.25) is 5.91 Å². The van der Waals surface area contributed by atoms with Crippen LogP contribution in [0.4, 0.5) is 4.39 Å². The van der Waals surface area contributed by atoms with Crippen LogP contribution in [-0.2, 0) is 4.79 Å². The molecule has 3 rings (SSSR count). The monoisotopic (exact) mass is 394 g/mol. The smallest absolute Gasteiger partial charge is 0.242 e. The molecule has 6 heteroatoms. The van der Waals surface area contributed by atoms with Gasteiger partial charge in [-0.2, -0.15) is 5.10 Å². The largest absolute Gasteiger partial charge is 0.348 e. The summed E-state index contributed by atoms with van der Waals surface area (Å²) >= 11 is 0. The molecule has 0 aliphatic rings. The van der Waals surface area contributed by atoms with Crippen molar-refractivity contribution in [3.05, 3.63) is 83.4 Å². The predicted molar refractivity (Wildman–Crippen MR) is 112 cm³/mol. The third-order valence-electron chi connectivity index (χ3n) is 5.25. The Kier molecular flexibility index (Phi) is 6.44. The Labute approximate surface area is 171 Å². The van der Waals surface area contributed by atoms with Crippen LogP contribution in [0.1, 0.15) is 42.8 Å². The summed E-state index contributed by atoms with van der Waals surface area (Å²) in [5.74, 6) is -0.339. The first-order valence-electron chi connectivity index (χ1n) is 9.78. The Bertz CT molecular complexity index is 953. The lowest BCUT2D eigenvalue weighted by atomic mass is 10.0. The molecule has 2 aromatic carbocycles. The van der Waals surface area contributed by atoms with E-state index in [1.165, 1.54) is 12.1 Å². The van der Waals surface area contributed by atoms with Crippen molar-refractivity contribution in [3.8, 4) is 5.69 Å². The molecule has 0 radical (unpaired) electrons. The van der Waals surface area contributed by atoms with Crippen molar-refractivity contribution < 1.29 is 9.18 Å². The number of carbonyl (C=O) groups excluding carboxylic acids is 1. The average Bonchev–Trinajstić information content (AvgIpc) is 3.11. The van der Waals surface area contributed by atoms with E-state index >= 15 is 0 Å². The van der Waals surface area contributed by atoms with E-state index in [4.69, 9.17) is 0 Å². The van der Waals surface area contributed by atoms with Gasteiger partial charge in [-0.1, -0.05) is 37.3 Å². The average molecular weight is 394 g/mol. The molecule has 1 N–H and O–H groups in total. The van der Waals surface area contributed by atoms with Crippen LogP contribution in [-0.4, -0.2) is 34.2 Å². The number of halogens is 1. The molecule has 1 amide bonds. The van der Waals surface area contributed by atoms with Crippen molar-refractivity contribution in [2.45, 2.75) is 32.9 Å². The second kappa shape index (κ2) is 9.01. The van der Waals surface area contributed by atoms with Gasteiger partial charge in [0.25, 0.3) is 0 Å². The van der Waals surface area contributed by atoms with Crippen LogP contribution in [0.15, 0.2) is 60.8 Å². The number of amides is 1. The van der Waals surface area contributed by atoms with Crippen LogP contribution < -0.4 is 5.32 Å². The van der Waals surface area contributed by atoms with Crippen LogP contribution in [0.2, 0.25) is 0 Å². The number of carbonyl (C=O) groups is 1. The molecule has 0 saturated carbocycles. The molecular formula is C23H27FN4O. The number of hydrogen-bond acceptors (Lipinski definition) is 3. The van der Waals surface area contributed by atoms with Crippen molar-refractivity contribution in [1.82, 2.24) is 20.0 Å². The first-order valence-corrected chi connectivity index (χ1v) is 9.78. The molecule has 0 aliphatic heterocycles. The summed E-state index contributed by atoms with van der Waals surface area (Å²) in [4.78, 5) is 15.2. The molecule has 1 aromatic heterocycles.